The number of nitrogens with one attached hydrogen (secondary N) is 2. The van der Waals surface area contributed by atoms with Crippen LogP contribution in [0.2, 0.25) is 0 Å². The number of sulfonamides is 1. The number of halogens is 1. The molecule has 0 radical (unpaired) electrons. The van der Waals surface area contributed by atoms with Gasteiger partial charge in [0, 0.05) is 16.0 Å². The Labute approximate surface area is 216 Å². The summed E-state index contributed by atoms with van der Waals surface area (Å²) in [5, 5.41) is 9.36. The Hall–Kier alpha value is -2.59. The van der Waals surface area contributed by atoms with Crippen LogP contribution in [0.15, 0.2) is 82.8 Å². The molecule has 1 heterocycles. The molecule has 35 heavy (non-hydrogen) atoms. The molecule has 0 unspecified atom stereocenters. The molecule has 0 saturated carbocycles. The zero-order chi connectivity index (χ0) is 25.9. The highest BCUT2D eigenvalue weighted by atomic mass is 127. The summed E-state index contributed by atoms with van der Waals surface area (Å²) < 4.78 is 62.3. The van der Waals surface area contributed by atoms with E-state index >= 15 is 0 Å². The highest BCUT2D eigenvalue weighted by molar-refractivity contribution is 14.1. The normalized spacial score (nSPS) is 13.7. The molecular weight excluding hydrogens is 609 g/mol. The first-order chi connectivity index (χ1) is 16.4. The minimum Gasteiger partial charge on any atom is -0.457 e. The molecule has 0 aliphatic carbocycles. The van der Waals surface area contributed by atoms with E-state index in [1.807, 2.05) is 16.9 Å². The predicted molar refractivity (Wildman–Crippen MR) is 135 cm³/mol. The zero-order valence-corrected chi connectivity index (χ0v) is 22.3. The molecule has 0 fully saturated rings. The second-order valence-electron chi connectivity index (χ2n) is 7.66. The molecule has 0 aliphatic heterocycles. The molecule has 2 aromatic carbocycles. The number of hydrogen-bond acceptors (Lipinski definition) is 8. The van der Waals surface area contributed by atoms with Crippen molar-refractivity contribution in [2.45, 2.75) is 28.5 Å². The number of hydroxylamine groups is 1. The monoisotopic (exact) mass is 631 g/mol. The number of aromatic nitrogens is 1. The number of amides is 1. The summed E-state index contributed by atoms with van der Waals surface area (Å²) in [7, 11) is -9.30. The van der Waals surface area contributed by atoms with Gasteiger partial charge >= 0.3 is 0 Å². The predicted octanol–water partition coefficient (Wildman–Crippen LogP) is 3.09. The number of benzene rings is 2. The van der Waals surface area contributed by atoms with Gasteiger partial charge in [-0.3, -0.25) is 15.0 Å². The Bertz CT molecular complexity index is 1400. The van der Waals surface area contributed by atoms with Crippen molar-refractivity contribution in [2.24, 2.45) is 5.92 Å². The van der Waals surface area contributed by atoms with E-state index in [-0.39, 0.29) is 4.90 Å². The van der Waals surface area contributed by atoms with Gasteiger partial charge in [0.25, 0.3) is 5.91 Å². The average molecular weight is 631 g/mol. The summed E-state index contributed by atoms with van der Waals surface area (Å²) in [6.07, 6.45) is 2.31. The molecule has 1 aromatic heterocycles. The minimum absolute atomic E-state index is 0.315. The van der Waals surface area contributed by atoms with Crippen LogP contribution in [0.5, 0.6) is 11.5 Å². The summed E-state index contributed by atoms with van der Waals surface area (Å²) in [5.41, 5.74) is 1.29. The summed E-state index contributed by atoms with van der Waals surface area (Å²) in [4.78, 5) is 13.0. The van der Waals surface area contributed by atoms with E-state index in [1.165, 1.54) is 61.9 Å². The lowest BCUT2D eigenvalue weighted by Gasteiger charge is -2.34. The van der Waals surface area contributed by atoms with Crippen LogP contribution < -0.4 is 14.9 Å². The fraction of sp³-hybridized carbons (Fsp3) is 0.182. The van der Waals surface area contributed by atoms with E-state index < -0.39 is 41.5 Å². The summed E-state index contributed by atoms with van der Waals surface area (Å²) in [5.74, 6) is -1.71. The number of nitrogens with zero attached hydrogens (tertiary/aromatic N) is 1. The Balaban J connectivity index is 2.01. The van der Waals surface area contributed by atoms with E-state index in [9.17, 15) is 26.8 Å². The number of rotatable bonds is 9. The third kappa shape index (κ3) is 5.48. The molecule has 3 rings (SSSR count). The van der Waals surface area contributed by atoms with Crippen molar-refractivity contribution >= 4 is 48.4 Å². The third-order valence-corrected chi connectivity index (χ3v) is 9.89. The smallest absolute Gasteiger partial charge is 0.281 e. The third-order valence-electron chi connectivity index (χ3n) is 5.09. The fourth-order valence-corrected chi connectivity index (χ4v) is 7.48. The topological polar surface area (TPSA) is 152 Å². The van der Waals surface area contributed by atoms with Crippen molar-refractivity contribution in [1.82, 2.24) is 15.2 Å². The highest BCUT2D eigenvalue weighted by Gasteiger charge is 2.56. The molecule has 1 amide bonds. The maximum absolute atomic E-state index is 13.5. The van der Waals surface area contributed by atoms with E-state index in [0.29, 0.717) is 11.5 Å². The van der Waals surface area contributed by atoms with Gasteiger partial charge in [-0.15, -0.1) is 0 Å². The number of carbonyl (C=O) groups is 1. The summed E-state index contributed by atoms with van der Waals surface area (Å²) >= 11 is 2.15. The Morgan fingerprint density at radius 2 is 1.54 bits per heavy atom. The number of ether oxygens (including phenoxy) is 1. The van der Waals surface area contributed by atoms with Crippen LogP contribution in [-0.4, -0.2) is 37.8 Å². The first-order valence-corrected chi connectivity index (χ1v) is 14.1. The van der Waals surface area contributed by atoms with Gasteiger partial charge in [0.15, 0.2) is 0 Å². The molecule has 186 valence electrons. The molecule has 3 aromatic rings. The van der Waals surface area contributed by atoms with Gasteiger partial charge in [0.2, 0.25) is 24.7 Å². The van der Waals surface area contributed by atoms with E-state index in [4.69, 9.17) is 4.74 Å². The molecule has 13 heteroatoms. The van der Waals surface area contributed by atoms with Crippen molar-refractivity contribution in [1.29, 1.82) is 0 Å². The van der Waals surface area contributed by atoms with Gasteiger partial charge in [0.05, 0.1) is 9.79 Å². The van der Waals surface area contributed by atoms with Gasteiger partial charge in [-0.2, -0.15) is 4.72 Å². The Kier molecular flexibility index (Phi) is 8.16. The second-order valence-corrected chi connectivity index (χ2v) is 12.7. The highest BCUT2D eigenvalue weighted by Crippen LogP contribution is 2.33. The molecule has 1 atom stereocenters. The largest absolute Gasteiger partial charge is 0.457 e. The van der Waals surface area contributed by atoms with Gasteiger partial charge < -0.3 is 4.74 Å². The minimum atomic E-state index is -4.72. The van der Waals surface area contributed by atoms with Crippen LogP contribution in [0, 0.1) is 9.49 Å². The molecule has 0 aliphatic rings. The van der Waals surface area contributed by atoms with Crippen LogP contribution in [0.1, 0.15) is 13.8 Å². The number of sulfone groups is 1. The van der Waals surface area contributed by atoms with Crippen LogP contribution in [0.3, 0.4) is 0 Å². The van der Waals surface area contributed by atoms with Crippen molar-refractivity contribution < 1.29 is 31.6 Å². The van der Waals surface area contributed by atoms with Gasteiger partial charge in [-0.05, 0) is 89.2 Å². The standard InChI is InChI=1S/C22H22IN3O7S2/c1-15(2)22(21(27)25-28,34(29,30)20-4-3-13-24-14-20)26-35(31,32)19-11-9-18(10-12-19)33-17-7-5-16(23)6-8-17/h3-15,26,28H,1-2H3,(H,25,27)/t22-/m1/s1. The van der Waals surface area contributed by atoms with Crippen molar-refractivity contribution in [2.75, 3.05) is 0 Å². The van der Waals surface area contributed by atoms with Crippen LogP contribution >= 0.6 is 22.6 Å². The molecule has 3 N–H and O–H groups in total. The molecular formula is C22H22IN3O7S2. The van der Waals surface area contributed by atoms with E-state index in [2.05, 4.69) is 27.6 Å². The molecule has 0 saturated heterocycles. The van der Waals surface area contributed by atoms with Gasteiger partial charge in [0.1, 0.15) is 11.5 Å². The van der Waals surface area contributed by atoms with Gasteiger partial charge in [-0.1, -0.05) is 13.8 Å². The van der Waals surface area contributed by atoms with E-state index in [0.717, 1.165) is 9.77 Å². The maximum Gasteiger partial charge on any atom is 0.281 e. The quantitative estimate of drug-likeness (QED) is 0.185. The summed E-state index contributed by atoms with van der Waals surface area (Å²) in [6, 6.07) is 14.9. The summed E-state index contributed by atoms with van der Waals surface area (Å²) in [6.45, 7) is 2.67. The number of hydrogen-bond donors (Lipinski definition) is 3. The fourth-order valence-electron chi connectivity index (χ4n) is 3.27. The first-order valence-electron chi connectivity index (χ1n) is 10.1. The average Bonchev–Trinajstić information content (AvgIpc) is 2.84. The number of carbonyl (C=O) groups excluding carboxylic acids is 1. The lowest BCUT2D eigenvalue weighted by molar-refractivity contribution is -0.133. The molecule has 10 nitrogen and oxygen atoms in total. The molecule has 0 spiro atoms. The van der Waals surface area contributed by atoms with Crippen LogP contribution in [0.4, 0.5) is 0 Å². The zero-order valence-electron chi connectivity index (χ0n) is 18.5. The van der Waals surface area contributed by atoms with E-state index in [1.54, 1.807) is 12.1 Å². The maximum atomic E-state index is 13.5. The van der Waals surface area contributed by atoms with Crippen molar-refractivity contribution in [3.05, 3.63) is 76.6 Å². The Morgan fingerprint density at radius 1 is 0.971 bits per heavy atom. The van der Waals surface area contributed by atoms with Crippen LogP contribution in [-0.2, 0) is 24.7 Å². The first kappa shape index (κ1) is 27.0. The molecule has 0 bridgehead atoms. The second kappa shape index (κ2) is 10.6. The SMILES string of the molecule is CC(C)[C@](NS(=O)(=O)c1ccc(Oc2ccc(I)cc2)cc1)(C(=O)NO)S(=O)(=O)c1cccnc1. The van der Waals surface area contributed by atoms with Crippen molar-refractivity contribution in [3.63, 3.8) is 0 Å². The number of pyridine rings is 1. The lowest BCUT2D eigenvalue weighted by atomic mass is 10.0. The Morgan fingerprint density at radius 3 is 2.03 bits per heavy atom. The van der Waals surface area contributed by atoms with Crippen LogP contribution in [0.25, 0.3) is 0 Å². The van der Waals surface area contributed by atoms with Gasteiger partial charge in [-0.25, -0.2) is 22.3 Å². The lowest BCUT2D eigenvalue weighted by Crippen LogP contribution is -2.65. The van der Waals surface area contributed by atoms with Crippen molar-refractivity contribution in [3.8, 4) is 11.5 Å².